The lowest BCUT2D eigenvalue weighted by molar-refractivity contribution is 0.0824. The maximum absolute atomic E-state index is 12.3. The molecule has 3 aliphatic rings. The summed E-state index contributed by atoms with van der Waals surface area (Å²) in [7, 11) is -0.940. The summed E-state index contributed by atoms with van der Waals surface area (Å²) in [6.45, 7) is 5.75. The van der Waals surface area contributed by atoms with Gasteiger partial charge in [0.25, 0.3) is 5.91 Å². The Bertz CT molecular complexity index is 1310. The molecule has 0 saturated carbocycles. The minimum atomic E-state index is -4.06. The molecule has 0 fully saturated rings. The number of carbonyl (C=O) groups is 1. The van der Waals surface area contributed by atoms with Gasteiger partial charge in [0.2, 0.25) is 0 Å². The lowest BCUT2D eigenvalue weighted by Crippen LogP contribution is -2.32. The van der Waals surface area contributed by atoms with Crippen molar-refractivity contribution in [3.63, 3.8) is 0 Å². The van der Waals surface area contributed by atoms with Gasteiger partial charge >= 0.3 is 10.2 Å². The minimum absolute atomic E-state index is 0.0518. The van der Waals surface area contributed by atoms with Crippen molar-refractivity contribution < 1.29 is 23.1 Å². The third-order valence-electron chi connectivity index (χ3n) is 5.34. The van der Waals surface area contributed by atoms with Crippen LogP contribution in [0.15, 0.2) is 75.9 Å². The van der Waals surface area contributed by atoms with Crippen LogP contribution in [-0.4, -0.2) is 62.2 Å². The zero-order chi connectivity index (χ0) is 24.6. The van der Waals surface area contributed by atoms with Gasteiger partial charge in [-0.3, -0.25) is 4.79 Å². The van der Waals surface area contributed by atoms with E-state index in [1.165, 1.54) is 17.0 Å². The quantitative estimate of drug-likeness (QED) is 0.434. The first-order chi connectivity index (χ1) is 16.1. The fourth-order valence-corrected chi connectivity index (χ4v) is 4.48. The van der Waals surface area contributed by atoms with E-state index in [2.05, 4.69) is 26.0 Å². The molecule has 11 heteroatoms. The zero-order valence-electron chi connectivity index (χ0n) is 18.9. The van der Waals surface area contributed by atoms with Gasteiger partial charge in [0.15, 0.2) is 17.4 Å². The van der Waals surface area contributed by atoms with Crippen molar-refractivity contribution in [2.75, 3.05) is 19.4 Å². The van der Waals surface area contributed by atoms with E-state index in [4.69, 9.17) is 4.74 Å². The molecule has 10 nitrogen and oxygen atoms in total. The minimum Gasteiger partial charge on any atom is -0.505 e. The smallest absolute Gasteiger partial charge is 0.345 e. The number of aromatic hydroxyl groups is 1. The molecule has 3 N–H and O–H groups in total. The van der Waals surface area contributed by atoms with Gasteiger partial charge in [-0.15, -0.1) is 4.40 Å². The molecule has 0 saturated heterocycles. The van der Waals surface area contributed by atoms with E-state index < -0.39 is 22.2 Å². The van der Waals surface area contributed by atoms with Crippen molar-refractivity contribution in [3.8, 4) is 5.75 Å². The first-order valence-corrected chi connectivity index (χ1v) is 11.9. The fraction of sp³-hybridized carbons (Fsp3) is 0.261. The lowest BCUT2D eigenvalue weighted by Gasteiger charge is -2.19. The SMILES string of the molecule is C=C(C)[C@@H](N=C1NS(=O)(=O)N=C1Nc1cccc(C(=O)N(C)C)c1O)C1=CC2C=CC=CC2O1. The van der Waals surface area contributed by atoms with E-state index in [-0.39, 0.29) is 40.7 Å². The van der Waals surface area contributed by atoms with Crippen LogP contribution in [0.25, 0.3) is 0 Å². The lowest BCUT2D eigenvalue weighted by atomic mass is 9.98. The zero-order valence-corrected chi connectivity index (χ0v) is 19.7. The van der Waals surface area contributed by atoms with Crippen LogP contribution in [0, 0.1) is 5.92 Å². The number of anilines is 1. The number of rotatable bonds is 5. The molecule has 178 valence electrons. The number of nitrogens with zero attached hydrogens (tertiary/aromatic N) is 3. The molecule has 0 bridgehead atoms. The number of phenols is 1. The maximum atomic E-state index is 12.3. The summed E-state index contributed by atoms with van der Waals surface area (Å²) < 4.78 is 36.5. The standard InChI is InChI=1S/C23H25N5O5S/c1-13(2)19(18-12-14-8-5-6-11-17(14)33-18)25-22-21(26-34(31,32)27-22)24-16-10-7-9-15(20(16)29)23(30)28(3)4/h5-12,14,17,19,29H,1H2,2-4H3,(H,24,26)(H,25,27)/t14?,17?,19-/m1/s1. The molecule has 0 aromatic heterocycles. The van der Waals surface area contributed by atoms with Gasteiger partial charge in [-0.05, 0) is 36.8 Å². The Labute approximate surface area is 197 Å². The molecule has 3 atom stereocenters. The van der Waals surface area contributed by atoms with Crippen molar-refractivity contribution in [1.82, 2.24) is 9.62 Å². The van der Waals surface area contributed by atoms with Gasteiger partial charge in [0.1, 0.15) is 17.9 Å². The van der Waals surface area contributed by atoms with Crippen LogP contribution >= 0.6 is 0 Å². The molecular formula is C23H25N5O5S. The summed E-state index contributed by atoms with van der Waals surface area (Å²) in [5.74, 6) is -0.338. The monoisotopic (exact) mass is 483 g/mol. The number of carbonyl (C=O) groups excluding carboxylic acids is 1. The molecule has 2 unspecified atom stereocenters. The highest BCUT2D eigenvalue weighted by Gasteiger charge is 2.34. The van der Waals surface area contributed by atoms with Crippen molar-refractivity contribution in [3.05, 3.63) is 72.1 Å². The van der Waals surface area contributed by atoms with Crippen molar-refractivity contribution in [1.29, 1.82) is 0 Å². The summed E-state index contributed by atoms with van der Waals surface area (Å²) in [6, 6.07) is 3.86. The average molecular weight is 484 g/mol. The number of amides is 1. The van der Waals surface area contributed by atoms with Crippen LogP contribution in [0.1, 0.15) is 17.3 Å². The largest absolute Gasteiger partial charge is 0.505 e. The summed E-state index contributed by atoms with van der Waals surface area (Å²) in [5.41, 5.74) is 0.788. The normalized spacial score (nSPS) is 23.9. The van der Waals surface area contributed by atoms with E-state index in [9.17, 15) is 18.3 Å². The average Bonchev–Trinajstić information content (AvgIpc) is 3.32. The van der Waals surface area contributed by atoms with Crippen LogP contribution in [0.4, 0.5) is 5.69 Å². The Morgan fingerprint density at radius 1 is 1.32 bits per heavy atom. The van der Waals surface area contributed by atoms with Crippen molar-refractivity contribution in [2.24, 2.45) is 15.3 Å². The highest BCUT2D eigenvalue weighted by Crippen LogP contribution is 2.33. The van der Waals surface area contributed by atoms with Crippen LogP contribution < -0.4 is 10.0 Å². The number of phenolic OH excluding ortho intramolecular Hbond substituents is 1. The van der Waals surface area contributed by atoms with Crippen LogP contribution in [0.5, 0.6) is 5.75 Å². The Morgan fingerprint density at radius 2 is 2.06 bits per heavy atom. The third-order valence-corrected chi connectivity index (χ3v) is 6.21. The van der Waals surface area contributed by atoms with Crippen molar-refractivity contribution >= 4 is 33.5 Å². The number of fused-ring (bicyclic) bond motifs is 1. The molecule has 1 amide bonds. The molecule has 34 heavy (non-hydrogen) atoms. The number of ether oxygens (including phenoxy) is 1. The van der Waals surface area contributed by atoms with E-state index in [1.807, 2.05) is 30.4 Å². The van der Waals surface area contributed by atoms with Gasteiger partial charge in [0.05, 0.1) is 11.3 Å². The Kier molecular flexibility index (Phi) is 6.05. The highest BCUT2D eigenvalue weighted by atomic mass is 32.2. The summed E-state index contributed by atoms with van der Waals surface area (Å²) in [6.07, 6.45) is 9.58. The second-order valence-corrected chi connectivity index (χ2v) is 9.61. The predicted molar refractivity (Wildman–Crippen MR) is 130 cm³/mol. The van der Waals surface area contributed by atoms with Gasteiger partial charge in [0, 0.05) is 20.0 Å². The fourth-order valence-electron chi connectivity index (χ4n) is 3.67. The molecule has 1 aromatic rings. The molecule has 4 rings (SSSR count). The predicted octanol–water partition coefficient (Wildman–Crippen LogP) is 2.12. The second-order valence-electron chi connectivity index (χ2n) is 8.27. The number of benzene rings is 1. The first-order valence-electron chi connectivity index (χ1n) is 10.5. The van der Waals surface area contributed by atoms with Gasteiger partial charge < -0.3 is 20.1 Å². The van der Waals surface area contributed by atoms with Crippen LogP contribution in [-0.2, 0) is 14.9 Å². The third kappa shape index (κ3) is 4.60. The second kappa shape index (κ2) is 8.82. The Balaban J connectivity index is 1.66. The topological polar surface area (TPSA) is 133 Å². The van der Waals surface area contributed by atoms with Crippen molar-refractivity contribution in [2.45, 2.75) is 19.1 Å². The molecule has 0 spiro atoms. The highest BCUT2D eigenvalue weighted by molar-refractivity contribution is 7.89. The van der Waals surface area contributed by atoms with E-state index >= 15 is 0 Å². The van der Waals surface area contributed by atoms with Crippen LogP contribution in [0.2, 0.25) is 0 Å². The van der Waals surface area contributed by atoms with Gasteiger partial charge in [-0.1, -0.05) is 30.9 Å². The molecule has 1 aliphatic carbocycles. The molecule has 1 aromatic carbocycles. The Morgan fingerprint density at radius 3 is 2.74 bits per heavy atom. The van der Waals surface area contributed by atoms with E-state index in [0.717, 1.165) is 0 Å². The summed E-state index contributed by atoms with van der Waals surface area (Å²) in [5, 5.41) is 13.4. The summed E-state index contributed by atoms with van der Waals surface area (Å²) >= 11 is 0. The molecule has 2 aliphatic heterocycles. The van der Waals surface area contributed by atoms with E-state index in [0.29, 0.717) is 11.3 Å². The summed E-state index contributed by atoms with van der Waals surface area (Å²) in [4.78, 5) is 18.2. The van der Waals surface area contributed by atoms with Gasteiger partial charge in [-0.2, -0.15) is 8.42 Å². The number of allylic oxidation sites excluding steroid dienone is 2. The number of hydrogen-bond donors (Lipinski definition) is 3. The molecular weight excluding hydrogens is 458 g/mol. The molecule has 0 radical (unpaired) electrons. The number of nitrogens with one attached hydrogen (secondary N) is 2. The van der Waals surface area contributed by atoms with Gasteiger partial charge in [-0.25, -0.2) is 9.71 Å². The number of aliphatic imine (C=N–C) groups is 1. The van der Waals surface area contributed by atoms with Crippen LogP contribution in [0.3, 0.4) is 0 Å². The number of hydrogen-bond acceptors (Lipinski definition) is 7. The first kappa shape index (κ1) is 23.3. The number of amidine groups is 2. The number of para-hydroxylation sites is 1. The Hall–Kier alpha value is -3.86. The van der Waals surface area contributed by atoms with E-state index in [1.54, 1.807) is 27.1 Å². The molecule has 2 heterocycles. The maximum Gasteiger partial charge on any atom is 0.345 e.